The van der Waals surface area contributed by atoms with Crippen LogP contribution in [0, 0.1) is 6.92 Å². The molecule has 0 saturated carbocycles. The Hall–Kier alpha value is -2.90. The number of amidine groups is 1. The number of thiophene rings is 1. The molecule has 0 atom stereocenters. The van der Waals surface area contributed by atoms with Crippen LogP contribution in [0.2, 0.25) is 0 Å². The summed E-state index contributed by atoms with van der Waals surface area (Å²) in [6, 6.07) is 14.3. The highest BCUT2D eigenvalue weighted by atomic mass is 32.2. The molecule has 9 nitrogen and oxygen atoms in total. The van der Waals surface area contributed by atoms with Gasteiger partial charge in [0.25, 0.3) is 0 Å². The van der Waals surface area contributed by atoms with E-state index in [1.54, 1.807) is 24.5 Å². The van der Waals surface area contributed by atoms with E-state index in [1.165, 1.54) is 17.8 Å². The van der Waals surface area contributed by atoms with Crippen molar-refractivity contribution in [1.29, 1.82) is 0 Å². The van der Waals surface area contributed by atoms with Crippen LogP contribution in [-0.4, -0.2) is 76.0 Å². The molecular formula is C26H30N4O5S3. The van der Waals surface area contributed by atoms with Crippen molar-refractivity contribution in [1.82, 2.24) is 4.90 Å². The Morgan fingerprint density at radius 1 is 1.21 bits per heavy atom. The Kier molecular flexibility index (Phi) is 9.11. The minimum atomic E-state index is -3.89. The molecule has 2 heterocycles. The highest BCUT2D eigenvalue weighted by molar-refractivity contribution is 8.01. The molecule has 0 spiro atoms. The van der Waals surface area contributed by atoms with Crippen molar-refractivity contribution < 1.29 is 23.1 Å². The number of aliphatic imine (C=N–C) groups is 1. The average Bonchev–Trinajstić information content (AvgIpc) is 3.35. The second kappa shape index (κ2) is 12.3. The number of sulfone groups is 1. The van der Waals surface area contributed by atoms with Gasteiger partial charge in [0.2, 0.25) is 9.84 Å². The first-order chi connectivity index (χ1) is 18.2. The third-order valence-electron chi connectivity index (χ3n) is 6.15. The minimum Gasteiger partial charge on any atom is -0.463 e. The number of nitrogens with two attached hydrogens (primary N) is 1. The molecule has 1 saturated heterocycles. The number of rotatable bonds is 9. The smallest absolute Gasteiger partial charge is 0.433 e. The fraction of sp³-hybridized carbons (Fsp3) is 0.308. The van der Waals surface area contributed by atoms with E-state index in [0.717, 1.165) is 73.1 Å². The van der Waals surface area contributed by atoms with Gasteiger partial charge >= 0.3 is 6.09 Å². The molecule has 0 unspecified atom stereocenters. The lowest BCUT2D eigenvalue weighted by Gasteiger charge is -2.26. The maximum atomic E-state index is 13.6. The van der Waals surface area contributed by atoms with Gasteiger partial charge in [-0.1, -0.05) is 18.2 Å². The molecule has 38 heavy (non-hydrogen) atoms. The molecule has 0 radical (unpaired) electrons. The summed E-state index contributed by atoms with van der Waals surface area (Å²) in [4.78, 5) is 17.1. The number of thioether (sulfide) groups is 1. The van der Waals surface area contributed by atoms with Crippen LogP contribution in [0.4, 0.5) is 10.5 Å². The number of carbonyl (C=O) groups is 1. The zero-order chi connectivity index (χ0) is 27.3. The normalized spacial score (nSPS) is 14.9. The second-order valence-corrected chi connectivity index (χ2v) is 12.7. The number of morpholine rings is 1. The minimum absolute atomic E-state index is 0.0854. The van der Waals surface area contributed by atoms with E-state index < -0.39 is 15.9 Å². The quantitative estimate of drug-likeness (QED) is 0.193. The van der Waals surface area contributed by atoms with Crippen molar-refractivity contribution in [2.24, 2.45) is 10.7 Å². The van der Waals surface area contributed by atoms with Gasteiger partial charge in [-0.15, -0.1) is 23.1 Å². The molecule has 0 bridgehead atoms. The van der Waals surface area contributed by atoms with Crippen LogP contribution in [0.3, 0.4) is 0 Å². The standard InChI is InChI=1S/C26H30N4O5S3/c1-17-14-19(28-8-9-30-10-12-35-13-11-30)6-7-21(17)18-4-3-5-20(15-18)38(33,34)23-16-22(37-25(23)36-2)24(27)29-26(31)32/h3-7,14-16,28H,8-13H2,1-2H3,(H2,27,29)(H,31,32). The first kappa shape index (κ1) is 28.1. The van der Waals surface area contributed by atoms with Crippen molar-refractivity contribution in [3.63, 3.8) is 0 Å². The predicted octanol–water partition coefficient (Wildman–Crippen LogP) is 4.41. The van der Waals surface area contributed by atoms with Gasteiger partial charge in [-0.25, -0.2) is 13.2 Å². The summed E-state index contributed by atoms with van der Waals surface area (Å²) in [6.45, 7) is 7.24. The van der Waals surface area contributed by atoms with Gasteiger partial charge < -0.3 is 20.9 Å². The van der Waals surface area contributed by atoms with E-state index >= 15 is 0 Å². The van der Waals surface area contributed by atoms with Crippen LogP contribution in [0.1, 0.15) is 10.4 Å². The van der Waals surface area contributed by atoms with E-state index in [2.05, 4.69) is 21.3 Å². The monoisotopic (exact) mass is 574 g/mol. The SMILES string of the molecule is CSc1sc(/C(N)=N\C(=O)O)cc1S(=O)(=O)c1cccc(-c2ccc(NCCN3CCOCC3)cc2C)c1. The molecule has 4 N–H and O–H groups in total. The molecule has 1 fully saturated rings. The molecule has 1 amide bonds. The molecular weight excluding hydrogens is 545 g/mol. The number of amides is 1. The van der Waals surface area contributed by atoms with Crippen molar-refractivity contribution in [3.05, 3.63) is 59.0 Å². The van der Waals surface area contributed by atoms with E-state index in [1.807, 2.05) is 25.1 Å². The molecule has 4 rings (SSSR count). The maximum absolute atomic E-state index is 13.6. The summed E-state index contributed by atoms with van der Waals surface area (Å²) >= 11 is 2.36. The Bertz CT molecular complexity index is 1450. The molecule has 2 aromatic carbocycles. The summed E-state index contributed by atoms with van der Waals surface area (Å²) in [7, 11) is -3.89. The van der Waals surface area contributed by atoms with E-state index in [9.17, 15) is 13.2 Å². The first-order valence-corrected chi connectivity index (χ1v) is 15.5. The summed E-state index contributed by atoms with van der Waals surface area (Å²) < 4.78 is 33.1. The number of hydrogen-bond acceptors (Lipinski definition) is 8. The molecule has 12 heteroatoms. The Morgan fingerprint density at radius 3 is 2.66 bits per heavy atom. The third kappa shape index (κ3) is 6.56. The number of nitrogens with one attached hydrogen (secondary N) is 1. The Balaban J connectivity index is 1.55. The Labute approximate surface area is 230 Å². The van der Waals surface area contributed by atoms with E-state index in [4.69, 9.17) is 15.6 Å². The van der Waals surface area contributed by atoms with E-state index in [0.29, 0.717) is 9.09 Å². The zero-order valence-corrected chi connectivity index (χ0v) is 23.6. The van der Waals surface area contributed by atoms with E-state index in [-0.39, 0.29) is 15.6 Å². The number of aryl methyl sites for hydroxylation is 1. The van der Waals surface area contributed by atoms with Gasteiger partial charge in [0.05, 0.1) is 32.1 Å². The Morgan fingerprint density at radius 2 is 1.97 bits per heavy atom. The van der Waals surface area contributed by atoms with Gasteiger partial charge in [0.1, 0.15) is 5.84 Å². The van der Waals surface area contributed by atoms with Gasteiger partial charge in [-0.05, 0) is 60.2 Å². The van der Waals surface area contributed by atoms with Gasteiger partial charge in [-0.3, -0.25) is 4.90 Å². The lowest BCUT2D eigenvalue weighted by atomic mass is 10.00. The molecule has 202 valence electrons. The average molecular weight is 575 g/mol. The second-order valence-electron chi connectivity index (χ2n) is 8.69. The van der Waals surface area contributed by atoms with Crippen LogP contribution < -0.4 is 11.1 Å². The van der Waals surface area contributed by atoms with Crippen molar-refractivity contribution in [3.8, 4) is 11.1 Å². The van der Waals surface area contributed by atoms with Gasteiger partial charge in [0, 0.05) is 31.9 Å². The predicted molar refractivity (Wildman–Crippen MR) is 153 cm³/mol. The number of hydrogen-bond donors (Lipinski definition) is 3. The lowest BCUT2D eigenvalue weighted by molar-refractivity contribution is 0.0398. The summed E-state index contributed by atoms with van der Waals surface area (Å²) in [5.41, 5.74) is 9.54. The number of benzene rings is 2. The maximum Gasteiger partial charge on any atom is 0.433 e. The highest BCUT2D eigenvalue weighted by Crippen LogP contribution is 2.38. The summed E-state index contributed by atoms with van der Waals surface area (Å²) in [5.74, 6) is -0.234. The topological polar surface area (TPSA) is 134 Å². The van der Waals surface area contributed by atoms with Gasteiger partial charge in [-0.2, -0.15) is 4.99 Å². The fourth-order valence-electron chi connectivity index (χ4n) is 4.21. The zero-order valence-electron chi connectivity index (χ0n) is 21.1. The number of anilines is 1. The molecule has 0 aliphatic carbocycles. The van der Waals surface area contributed by atoms with Crippen molar-refractivity contribution in [2.45, 2.75) is 20.9 Å². The number of ether oxygens (including phenoxy) is 1. The number of carboxylic acid groups (broad SMARTS) is 1. The van der Waals surface area contributed by atoms with Crippen LogP contribution in [0.5, 0.6) is 0 Å². The summed E-state index contributed by atoms with van der Waals surface area (Å²) in [6.07, 6.45) is 0.322. The first-order valence-electron chi connectivity index (χ1n) is 11.9. The lowest BCUT2D eigenvalue weighted by Crippen LogP contribution is -2.39. The largest absolute Gasteiger partial charge is 0.463 e. The molecule has 1 aliphatic rings. The summed E-state index contributed by atoms with van der Waals surface area (Å²) in [5, 5.41) is 12.4. The van der Waals surface area contributed by atoms with Crippen LogP contribution in [0.15, 0.2) is 67.5 Å². The van der Waals surface area contributed by atoms with Crippen molar-refractivity contribution >= 4 is 50.6 Å². The van der Waals surface area contributed by atoms with Crippen LogP contribution in [-0.2, 0) is 14.6 Å². The van der Waals surface area contributed by atoms with Crippen LogP contribution >= 0.6 is 23.1 Å². The third-order valence-corrected chi connectivity index (χ3v) is 10.5. The van der Waals surface area contributed by atoms with Gasteiger partial charge in [0.15, 0.2) is 0 Å². The van der Waals surface area contributed by atoms with Crippen molar-refractivity contribution in [2.75, 3.05) is 51.0 Å². The van der Waals surface area contributed by atoms with Crippen LogP contribution in [0.25, 0.3) is 11.1 Å². The highest BCUT2D eigenvalue weighted by Gasteiger charge is 2.26. The molecule has 3 aromatic rings. The number of nitrogens with zero attached hydrogens (tertiary/aromatic N) is 2. The molecule has 1 aliphatic heterocycles. The molecule has 1 aromatic heterocycles. The fourth-order valence-corrected chi connectivity index (χ4v) is 8.15.